The third-order valence-corrected chi connectivity index (χ3v) is 2.24. The van der Waals surface area contributed by atoms with Crippen molar-refractivity contribution in [3.05, 3.63) is 21.9 Å². The van der Waals surface area contributed by atoms with Gasteiger partial charge in [0, 0.05) is 17.8 Å². The fraction of sp³-hybridized carbons (Fsp3) is 0.286. The van der Waals surface area contributed by atoms with Gasteiger partial charge < -0.3 is 5.32 Å². The Kier molecular flexibility index (Phi) is 1.66. The van der Waals surface area contributed by atoms with E-state index in [4.69, 9.17) is 23.2 Å². The first kappa shape index (κ1) is 7.19. The summed E-state index contributed by atoms with van der Waals surface area (Å²) in [5, 5.41) is 4.15. The Bertz CT molecular complexity index is 299. The lowest BCUT2D eigenvalue weighted by atomic mass is 10.2. The highest BCUT2D eigenvalue weighted by molar-refractivity contribution is 6.33. The summed E-state index contributed by atoms with van der Waals surface area (Å²) in [6.07, 6.45) is 0.943. The Hall–Kier alpha value is -0.470. The van der Waals surface area contributed by atoms with E-state index >= 15 is 0 Å². The highest BCUT2D eigenvalue weighted by atomic mass is 35.5. The van der Waals surface area contributed by atoms with E-state index in [0.29, 0.717) is 10.3 Å². The minimum absolute atomic E-state index is 0.447. The van der Waals surface area contributed by atoms with Crippen LogP contribution in [-0.2, 0) is 6.42 Å². The van der Waals surface area contributed by atoms with Gasteiger partial charge in [-0.15, -0.1) is 0 Å². The van der Waals surface area contributed by atoms with Gasteiger partial charge in [0.1, 0.15) is 10.3 Å². The summed E-state index contributed by atoms with van der Waals surface area (Å²) in [4.78, 5) is 3.94. The smallest absolute Gasteiger partial charge is 0.136 e. The largest absolute Gasteiger partial charge is 0.384 e. The van der Waals surface area contributed by atoms with E-state index in [0.717, 1.165) is 24.2 Å². The molecule has 2 heterocycles. The number of hydrogen-bond donors (Lipinski definition) is 1. The monoisotopic (exact) mass is 188 g/mol. The van der Waals surface area contributed by atoms with E-state index in [1.54, 1.807) is 6.07 Å². The molecule has 0 unspecified atom stereocenters. The predicted octanol–water partition coefficient (Wildman–Crippen LogP) is 2.36. The number of nitrogens with one attached hydrogen (secondary N) is 1. The minimum atomic E-state index is 0.447. The lowest BCUT2D eigenvalue weighted by Gasteiger charge is -2.00. The molecule has 0 aromatic carbocycles. The molecule has 0 fully saturated rings. The van der Waals surface area contributed by atoms with Gasteiger partial charge in [0.2, 0.25) is 0 Å². The van der Waals surface area contributed by atoms with E-state index in [1.165, 1.54) is 0 Å². The number of halogens is 2. The molecule has 0 radical (unpaired) electrons. The zero-order valence-electron chi connectivity index (χ0n) is 5.69. The topological polar surface area (TPSA) is 24.9 Å². The van der Waals surface area contributed by atoms with Crippen molar-refractivity contribution in [2.24, 2.45) is 0 Å². The van der Waals surface area contributed by atoms with Gasteiger partial charge in [0.15, 0.2) is 0 Å². The van der Waals surface area contributed by atoms with Crippen LogP contribution >= 0.6 is 23.2 Å². The summed E-state index contributed by atoms with van der Waals surface area (Å²) < 4.78 is 0. The van der Waals surface area contributed by atoms with Crippen LogP contribution in [0.1, 0.15) is 5.56 Å². The van der Waals surface area contributed by atoms with Crippen LogP contribution in [0.15, 0.2) is 6.07 Å². The molecule has 0 spiro atoms. The molecule has 0 aliphatic carbocycles. The maximum Gasteiger partial charge on any atom is 0.136 e. The van der Waals surface area contributed by atoms with Crippen molar-refractivity contribution in [3.8, 4) is 0 Å². The summed E-state index contributed by atoms with van der Waals surface area (Å²) in [5.41, 5.74) is 2.10. The number of hydrogen-bond acceptors (Lipinski definition) is 2. The number of rotatable bonds is 0. The van der Waals surface area contributed by atoms with Gasteiger partial charge in [-0.05, 0) is 12.5 Å². The summed E-state index contributed by atoms with van der Waals surface area (Å²) in [5.74, 6) is 0. The van der Waals surface area contributed by atoms with E-state index in [1.807, 2.05) is 0 Å². The molecule has 58 valence electrons. The average Bonchev–Trinajstić information content (AvgIpc) is 2.34. The third kappa shape index (κ3) is 1.17. The second-order valence-corrected chi connectivity index (χ2v) is 3.18. The Morgan fingerprint density at radius 3 is 3.09 bits per heavy atom. The fourth-order valence-corrected chi connectivity index (χ4v) is 1.75. The van der Waals surface area contributed by atoms with Crippen LogP contribution in [0.5, 0.6) is 0 Å². The molecule has 11 heavy (non-hydrogen) atoms. The van der Waals surface area contributed by atoms with Crippen LogP contribution in [0.2, 0.25) is 10.3 Å². The van der Waals surface area contributed by atoms with Gasteiger partial charge in [-0.3, -0.25) is 0 Å². The zero-order valence-corrected chi connectivity index (χ0v) is 7.21. The Balaban J connectivity index is 2.60. The Labute approximate surface area is 74.5 Å². The predicted molar refractivity (Wildman–Crippen MR) is 46.5 cm³/mol. The molecule has 2 nitrogen and oxygen atoms in total. The van der Waals surface area contributed by atoms with Crippen molar-refractivity contribution in [1.82, 2.24) is 4.98 Å². The van der Waals surface area contributed by atoms with E-state index in [2.05, 4.69) is 10.3 Å². The van der Waals surface area contributed by atoms with Crippen molar-refractivity contribution in [2.75, 3.05) is 11.9 Å². The number of pyridine rings is 1. The molecule has 1 aromatic rings. The molecular formula is C7H6Cl2N2. The molecule has 0 amide bonds. The first-order chi connectivity index (χ1) is 5.27. The van der Waals surface area contributed by atoms with Gasteiger partial charge in [0.05, 0.1) is 0 Å². The number of anilines is 1. The molecule has 0 atom stereocenters. The van der Waals surface area contributed by atoms with Gasteiger partial charge in [-0.1, -0.05) is 23.2 Å². The van der Waals surface area contributed by atoms with Crippen molar-refractivity contribution in [2.45, 2.75) is 6.42 Å². The summed E-state index contributed by atoms with van der Waals surface area (Å²) >= 11 is 11.5. The molecule has 0 bridgehead atoms. The summed E-state index contributed by atoms with van der Waals surface area (Å²) in [7, 11) is 0. The SMILES string of the molecule is Clc1cc2c(c(Cl)n1)CCN2. The van der Waals surface area contributed by atoms with Crippen molar-refractivity contribution >= 4 is 28.9 Å². The number of fused-ring (bicyclic) bond motifs is 1. The van der Waals surface area contributed by atoms with E-state index in [9.17, 15) is 0 Å². The molecule has 0 saturated heterocycles. The van der Waals surface area contributed by atoms with Crippen molar-refractivity contribution in [3.63, 3.8) is 0 Å². The fourth-order valence-electron chi connectivity index (χ4n) is 1.23. The van der Waals surface area contributed by atoms with Crippen LogP contribution in [0.25, 0.3) is 0 Å². The molecular weight excluding hydrogens is 183 g/mol. The van der Waals surface area contributed by atoms with Gasteiger partial charge in [-0.2, -0.15) is 0 Å². The minimum Gasteiger partial charge on any atom is -0.384 e. The second kappa shape index (κ2) is 2.54. The second-order valence-electron chi connectivity index (χ2n) is 2.44. The van der Waals surface area contributed by atoms with E-state index < -0.39 is 0 Å². The van der Waals surface area contributed by atoms with Gasteiger partial charge in [-0.25, -0.2) is 4.98 Å². The molecule has 4 heteroatoms. The molecule has 1 aromatic heterocycles. The first-order valence-electron chi connectivity index (χ1n) is 3.36. The molecule has 0 saturated carbocycles. The van der Waals surface area contributed by atoms with Crippen LogP contribution < -0.4 is 5.32 Å². The highest BCUT2D eigenvalue weighted by Gasteiger charge is 2.14. The Morgan fingerprint density at radius 1 is 1.45 bits per heavy atom. The van der Waals surface area contributed by atoms with Crippen molar-refractivity contribution in [1.29, 1.82) is 0 Å². The van der Waals surface area contributed by atoms with Crippen LogP contribution in [0.4, 0.5) is 5.69 Å². The van der Waals surface area contributed by atoms with Crippen LogP contribution in [0, 0.1) is 0 Å². The maximum absolute atomic E-state index is 5.84. The third-order valence-electron chi connectivity index (χ3n) is 1.73. The van der Waals surface area contributed by atoms with Gasteiger partial charge in [0.25, 0.3) is 0 Å². The number of nitrogens with zero attached hydrogens (tertiary/aromatic N) is 1. The summed E-state index contributed by atoms with van der Waals surface area (Å²) in [6.45, 7) is 0.928. The lowest BCUT2D eigenvalue weighted by Crippen LogP contribution is -1.90. The van der Waals surface area contributed by atoms with E-state index in [-0.39, 0.29) is 0 Å². The normalized spacial score (nSPS) is 14.4. The summed E-state index contributed by atoms with van der Waals surface area (Å²) in [6, 6.07) is 1.80. The highest BCUT2D eigenvalue weighted by Crippen LogP contribution is 2.29. The molecule has 2 rings (SSSR count). The Morgan fingerprint density at radius 2 is 2.27 bits per heavy atom. The molecule has 1 aliphatic heterocycles. The van der Waals surface area contributed by atoms with Gasteiger partial charge >= 0.3 is 0 Å². The average molecular weight is 189 g/mol. The van der Waals surface area contributed by atoms with Crippen LogP contribution in [0.3, 0.4) is 0 Å². The number of aromatic nitrogens is 1. The quantitative estimate of drug-likeness (QED) is 0.633. The molecule has 1 aliphatic rings. The first-order valence-corrected chi connectivity index (χ1v) is 4.12. The lowest BCUT2D eigenvalue weighted by molar-refractivity contribution is 1.09. The maximum atomic E-state index is 5.84. The molecule has 1 N–H and O–H groups in total. The van der Waals surface area contributed by atoms with Crippen LogP contribution in [-0.4, -0.2) is 11.5 Å². The van der Waals surface area contributed by atoms with Crippen molar-refractivity contribution < 1.29 is 0 Å². The standard InChI is InChI=1S/C7H6Cl2N2/c8-6-3-5-4(1-2-10-5)7(9)11-6/h3,10H,1-2H2. The zero-order chi connectivity index (χ0) is 7.84.